The molecule has 1 rings (SSSR count). The molecule has 0 aromatic heterocycles. The number of hydrogen-bond acceptors (Lipinski definition) is 5. The lowest BCUT2D eigenvalue weighted by Crippen LogP contribution is -2.16. The lowest BCUT2D eigenvalue weighted by Gasteiger charge is -2.16. The van der Waals surface area contributed by atoms with Gasteiger partial charge >= 0.3 is 5.97 Å². The van der Waals surface area contributed by atoms with Gasteiger partial charge in [0.1, 0.15) is 5.25 Å². The Kier molecular flexibility index (Phi) is 5.15. The second kappa shape index (κ2) is 6.39. The zero-order chi connectivity index (χ0) is 13.7. The second-order valence-electron chi connectivity index (χ2n) is 3.55. The minimum atomic E-state index is -0.977. The van der Waals surface area contributed by atoms with Crippen molar-refractivity contribution in [3.05, 3.63) is 17.7 Å². The molecule has 0 fully saturated rings. The standard InChI is InChI=1S/C12H16O5S/c1-15-8-5-4-7(6-9(18)12(13)14)10(16-2)11(8)17-3/h4-5,9,18H,6H2,1-3H3,(H,13,14). The van der Waals surface area contributed by atoms with Crippen LogP contribution < -0.4 is 14.2 Å². The molecule has 1 N–H and O–H groups in total. The van der Waals surface area contributed by atoms with Crippen molar-refractivity contribution in [2.24, 2.45) is 0 Å². The van der Waals surface area contributed by atoms with Crippen molar-refractivity contribution in [1.29, 1.82) is 0 Å². The van der Waals surface area contributed by atoms with Crippen LogP contribution in [0.5, 0.6) is 17.2 Å². The number of benzene rings is 1. The van der Waals surface area contributed by atoms with Crippen molar-refractivity contribution < 1.29 is 24.1 Å². The van der Waals surface area contributed by atoms with Crippen molar-refractivity contribution in [3.8, 4) is 17.2 Å². The van der Waals surface area contributed by atoms with Crippen LogP contribution in [0, 0.1) is 0 Å². The van der Waals surface area contributed by atoms with Crippen molar-refractivity contribution in [1.82, 2.24) is 0 Å². The monoisotopic (exact) mass is 272 g/mol. The Hall–Kier alpha value is -1.56. The van der Waals surface area contributed by atoms with Crippen LogP contribution in [-0.2, 0) is 11.2 Å². The van der Waals surface area contributed by atoms with E-state index in [0.29, 0.717) is 22.8 Å². The average Bonchev–Trinajstić information content (AvgIpc) is 2.37. The highest BCUT2D eigenvalue weighted by Crippen LogP contribution is 2.40. The molecule has 0 aliphatic heterocycles. The van der Waals surface area contributed by atoms with Crippen LogP contribution in [0.25, 0.3) is 0 Å². The molecule has 0 aliphatic carbocycles. The minimum absolute atomic E-state index is 0.238. The molecule has 6 heteroatoms. The Morgan fingerprint density at radius 1 is 1.22 bits per heavy atom. The molecule has 0 saturated heterocycles. The number of ether oxygens (including phenoxy) is 3. The van der Waals surface area contributed by atoms with Crippen LogP contribution in [0.2, 0.25) is 0 Å². The Morgan fingerprint density at radius 2 is 1.83 bits per heavy atom. The molecule has 0 radical (unpaired) electrons. The molecule has 0 amide bonds. The van der Waals surface area contributed by atoms with Crippen LogP contribution in [0.4, 0.5) is 0 Å². The summed E-state index contributed by atoms with van der Waals surface area (Å²) >= 11 is 4.01. The molecule has 100 valence electrons. The maximum absolute atomic E-state index is 10.8. The summed E-state index contributed by atoms with van der Waals surface area (Å²) in [5, 5.41) is 8.07. The normalized spacial score (nSPS) is 11.8. The third kappa shape index (κ3) is 3.01. The maximum atomic E-state index is 10.8. The van der Waals surface area contributed by atoms with E-state index in [1.165, 1.54) is 21.3 Å². The maximum Gasteiger partial charge on any atom is 0.316 e. The predicted molar refractivity (Wildman–Crippen MR) is 70.2 cm³/mol. The molecule has 1 atom stereocenters. The van der Waals surface area contributed by atoms with Gasteiger partial charge in [-0.2, -0.15) is 12.6 Å². The highest BCUT2D eigenvalue weighted by Gasteiger charge is 2.20. The molecule has 1 aromatic carbocycles. The van der Waals surface area contributed by atoms with Gasteiger partial charge in [-0.15, -0.1) is 0 Å². The smallest absolute Gasteiger partial charge is 0.316 e. The number of carboxylic acids is 1. The topological polar surface area (TPSA) is 65.0 Å². The quantitative estimate of drug-likeness (QED) is 0.771. The van der Waals surface area contributed by atoms with Crippen molar-refractivity contribution in [2.45, 2.75) is 11.7 Å². The van der Waals surface area contributed by atoms with E-state index in [9.17, 15) is 4.79 Å². The van der Waals surface area contributed by atoms with Gasteiger partial charge in [-0.05, 0) is 18.1 Å². The van der Waals surface area contributed by atoms with Gasteiger partial charge < -0.3 is 19.3 Å². The summed E-state index contributed by atoms with van der Waals surface area (Å²) in [6, 6.07) is 3.45. The summed E-state index contributed by atoms with van der Waals surface area (Å²) in [5.41, 5.74) is 0.706. The number of carboxylic acid groups (broad SMARTS) is 1. The SMILES string of the molecule is COc1ccc(CC(S)C(=O)O)c(OC)c1OC. The first-order valence-corrected chi connectivity index (χ1v) is 5.75. The van der Waals surface area contributed by atoms with Gasteiger partial charge in [0.05, 0.1) is 21.3 Å². The van der Waals surface area contributed by atoms with Crippen LogP contribution in [0.3, 0.4) is 0 Å². The largest absolute Gasteiger partial charge is 0.493 e. The molecule has 0 saturated carbocycles. The van der Waals surface area contributed by atoms with Gasteiger partial charge in [0.15, 0.2) is 11.5 Å². The molecule has 5 nitrogen and oxygen atoms in total. The Bertz CT molecular complexity index is 433. The first-order chi connectivity index (χ1) is 8.54. The van der Waals surface area contributed by atoms with Gasteiger partial charge in [-0.25, -0.2) is 0 Å². The van der Waals surface area contributed by atoms with E-state index >= 15 is 0 Å². The summed E-state index contributed by atoms with van der Waals surface area (Å²) in [5.74, 6) is 0.472. The zero-order valence-corrected chi connectivity index (χ0v) is 11.4. The molecule has 0 spiro atoms. The fourth-order valence-corrected chi connectivity index (χ4v) is 1.82. The molecule has 1 aromatic rings. The Balaban J connectivity index is 3.16. The summed E-state index contributed by atoms with van der Waals surface area (Å²) in [6.07, 6.45) is 0.238. The predicted octanol–water partition coefficient (Wildman–Crippen LogP) is 1.64. The van der Waals surface area contributed by atoms with Crippen LogP contribution in [0.1, 0.15) is 5.56 Å². The lowest BCUT2D eigenvalue weighted by atomic mass is 10.1. The van der Waals surface area contributed by atoms with Gasteiger partial charge in [0, 0.05) is 0 Å². The Labute approximate surface area is 111 Å². The molecule has 0 bridgehead atoms. The van der Waals surface area contributed by atoms with E-state index in [0.717, 1.165) is 0 Å². The van der Waals surface area contributed by atoms with E-state index in [-0.39, 0.29) is 6.42 Å². The zero-order valence-electron chi connectivity index (χ0n) is 10.5. The number of methoxy groups -OCH3 is 3. The van der Waals surface area contributed by atoms with E-state index in [1.807, 2.05) is 0 Å². The number of aliphatic carboxylic acids is 1. The lowest BCUT2D eigenvalue weighted by molar-refractivity contribution is -0.136. The second-order valence-corrected chi connectivity index (χ2v) is 4.17. The first kappa shape index (κ1) is 14.5. The average molecular weight is 272 g/mol. The fourth-order valence-electron chi connectivity index (χ4n) is 1.62. The van der Waals surface area contributed by atoms with Crippen LogP contribution in [-0.4, -0.2) is 37.7 Å². The fraction of sp³-hybridized carbons (Fsp3) is 0.417. The number of carbonyl (C=O) groups is 1. The number of thiol groups is 1. The Morgan fingerprint density at radius 3 is 2.28 bits per heavy atom. The molecular weight excluding hydrogens is 256 g/mol. The molecule has 0 heterocycles. The van der Waals surface area contributed by atoms with Crippen molar-refractivity contribution in [3.63, 3.8) is 0 Å². The number of hydrogen-bond donors (Lipinski definition) is 2. The van der Waals surface area contributed by atoms with Gasteiger partial charge in [0.2, 0.25) is 5.75 Å². The van der Waals surface area contributed by atoms with E-state index in [1.54, 1.807) is 12.1 Å². The summed E-state index contributed by atoms with van der Waals surface area (Å²) in [6.45, 7) is 0. The highest BCUT2D eigenvalue weighted by molar-refractivity contribution is 7.81. The molecule has 18 heavy (non-hydrogen) atoms. The van der Waals surface area contributed by atoms with E-state index in [4.69, 9.17) is 19.3 Å². The summed E-state index contributed by atoms with van der Waals surface area (Å²) in [7, 11) is 4.52. The summed E-state index contributed by atoms with van der Waals surface area (Å²) in [4.78, 5) is 10.8. The first-order valence-electron chi connectivity index (χ1n) is 5.23. The van der Waals surface area contributed by atoms with Gasteiger partial charge in [-0.1, -0.05) is 6.07 Å². The van der Waals surface area contributed by atoms with Gasteiger partial charge in [0.25, 0.3) is 0 Å². The van der Waals surface area contributed by atoms with Crippen LogP contribution >= 0.6 is 12.6 Å². The molecule has 1 unspecified atom stereocenters. The van der Waals surface area contributed by atoms with Crippen molar-refractivity contribution >= 4 is 18.6 Å². The third-order valence-corrected chi connectivity index (χ3v) is 2.89. The molecule has 0 aliphatic rings. The van der Waals surface area contributed by atoms with E-state index in [2.05, 4.69) is 12.6 Å². The third-order valence-electron chi connectivity index (χ3n) is 2.48. The highest BCUT2D eigenvalue weighted by atomic mass is 32.1. The molecular formula is C12H16O5S. The van der Waals surface area contributed by atoms with Gasteiger partial charge in [-0.3, -0.25) is 4.79 Å². The summed E-state index contributed by atoms with van der Waals surface area (Å²) < 4.78 is 15.6. The van der Waals surface area contributed by atoms with Crippen LogP contribution in [0.15, 0.2) is 12.1 Å². The van der Waals surface area contributed by atoms with Crippen molar-refractivity contribution in [2.75, 3.05) is 21.3 Å². The number of rotatable bonds is 6. The minimum Gasteiger partial charge on any atom is -0.493 e. The van der Waals surface area contributed by atoms with E-state index < -0.39 is 11.2 Å².